The maximum absolute atomic E-state index is 10.7. The quantitative estimate of drug-likeness (QED) is 0.493. The number of carboxylic acid groups (broad SMARTS) is 1. The first kappa shape index (κ1) is 17.0. The number of amides is 1. The van der Waals surface area contributed by atoms with Crippen LogP contribution in [0.2, 0.25) is 0 Å². The number of hydrogen-bond donors (Lipinski definition) is 1. The molecule has 0 unspecified atom stereocenters. The van der Waals surface area contributed by atoms with Crippen LogP contribution in [-0.2, 0) is 9.59 Å². The Bertz CT molecular complexity index is 232. The van der Waals surface area contributed by atoms with Gasteiger partial charge in [0.15, 0.2) is 0 Å². The van der Waals surface area contributed by atoms with E-state index in [1.54, 1.807) is 0 Å². The van der Waals surface area contributed by atoms with Gasteiger partial charge in [0, 0.05) is 5.97 Å². The van der Waals surface area contributed by atoms with Crippen molar-refractivity contribution >= 4 is 11.9 Å². The third kappa shape index (κ3) is 18.4. The summed E-state index contributed by atoms with van der Waals surface area (Å²) in [6, 6.07) is 0. The average molecular weight is 230 g/mol. The summed E-state index contributed by atoms with van der Waals surface area (Å²) in [5.41, 5.74) is 0. The predicted octanol–water partition coefficient (Wildman–Crippen LogP) is -0.859. The molecule has 0 atom stereocenters. The van der Waals surface area contributed by atoms with Crippen molar-refractivity contribution in [1.29, 1.82) is 0 Å². The van der Waals surface area contributed by atoms with Gasteiger partial charge in [-0.3, -0.25) is 4.79 Å². The number of carbonyl (C=O) groups excluding carboxylic acids is 2. The van der Waals surface area contributed by atoms with Gasteiger partial charge >= 0.3 is 0 Å². The van der Waals surface area contributed by atoms with E-state index in [9.17, 15) is 14.7 Å². The molecular formula is C11H22N2O3. The molecule has 0 saturated carbocycles. The molecule has 0 aliphatic carbocycles. The molecule has 5 nitrogen and oxygen atoms in total. The van der Waals surface area contributed by atoms with E-state index in [0.29, 0.717) is 6.54 Å². The Balaban J connectivity index is 0. The van der Waals surface area contributed by atoms with Crippen molar-refractivity contribution in [3.05, 3.63) is 12.7 Å². The van der Waals surface area contributed by atoms with Crippen molar-refractivity contribution in [2.24, 2.45) is 0 Å². The first-order chi connectivity index (χ1) is 7.22. The van der Waals surface area contributed by atoms with Crippen LogP contribution in [0.25, 0.3) is 0 Å². The monoisotopic (exact) mass is 230 g/mol. The second-order valence-corrected chi connectivity index (χ2v) is 4.23. The molecule has 0 heterocycles. The Hall–Kier alpha value is -1.36. The maximum Gasteiger partial charge on any atom is 0.243 e. The van der Waals surface area contributed by atoms with Crippen LogP contribution in [0, 0.1) is 0 Å². The Morgan fingerprint density at radius 1 is 1.38 bits per heavy atom. The van der Waals surface area contributed by atoms with E-state index in [0.717, 1.165) is 11.0 Å². The lowest BCUT2D eigenvalue weighted by molar-refractivity contribution is -0.869. The summed E-state index contributed by atoms with van der Waals surface area (Å²) in [5, 5.41) is 12.0. The molecule has 5 heteroatoms. The summed E-state index contributed by atoms with van der Waals surface area (Å²) in [5.74, 6) is -1.09. The van der Waals surface area contributed by atoms with Crippen molar-refractivity contribution in [3.8, 4) is 0 Å². The second kappa shape index (κ2) is 8.91. The van der Waals surface area contributed by atoms with Crippen LogP contribution >= 0.6 is 0 Å². The molecule has 1 amide bonds. The van der Waals surface area contributed by atoms with Crippen molar-refractivity contribution in [2.45, 2.75) is 13.3 Å². The molecule has 94 valence electrons. The summed E-state index contributed by atoms with van der Waals surface area (Å²) in [6.45, 7) is 6.53. The van der Waals surface area contributed by atoms with E-state index in [2.05, 4.69) is 33.0 Å². The minimum Gasteiger partial charge on any atom is -0.550 e. The van der Waals surface area contributed by atoms with Gasteiger partial charge in [0.25, 0.3) is 0 Å². The zero-order valence-corrected chi connectivity index (χ0v) is 10.6. The van der Waals surface area contributed by atoms with Gasteiger partial charge in [-0.1, -0.05) is 13.5 Å². The van der Waals surface area contributed by atoms with E-state index < -0.39 is 5.97 Å². The molecule has 0 bridgehead atoms. The summed E-state index contributed by atoms with van der Waals surface area (Å²) < 4.78 is 0.859. The average Bonchev–Trinajstić information content (AvgIpc) is 2.16. The predicted molar refractivity (Wildman–Crippen MR) is 61.4 cm³/mol. The fourth-order valence-corrected chi connectivity index (χ4v) is 0.587. The molecule has 0 aromatic rings. The summed E-state index contributed by atoms with van der Waals surface area (Å²) in [6.07, 6.45) is 1.40. The second-order valence-electron chi connectivity index (χ2n) is 4.23. The summed E-state index contributed by atoms with van der Waals surface area (Å²) >= 11 is 0. The molecule has 0 spiro atoms. The van der Waals surface area contributed by atoms with Gasteiger partial charge in [-0.05, 0) is 12.5 Å². The SMILES string of the molecule is C=CC(=O)NCC[N+](C)(C)C.CCC(=O)[O-]. The molecule has 1 N–H and O–H groups in total. The first-order valence-electron chi connectivity index (χ1n) is 5.13. The molecule has 0 rings (SSSR count). The number of quaternary nitrogens is 1. The fraction of sp³-hybridized carbons (Fsp3) is 0.636. The van der Waals surface area contributed by atoms with E-state index >= 15 is 0 Å². The Morgan fingerprint density at radius 2 is 1.81 bits per heavy atom. The molecule has 0 fully saturated rings. The number of nitrogens with zero attached hydrogens (tertiary/aromatic N) is 1. The highest BCUT2D eigenvalue weighted by Crippen LogP contribution is 1.86. The number of rotatable bonds is 5. The number of aliphatic carboxylic acids is 1. The molecule has 0 radical (unpaired) electrons. The minimum atomic E-state index is -0.995. The van der Waals surface area contributed by atoms with Gasteiger partial charge in [-0.2, -0.15) is 0 Å². The van der Waals surface area contributed by atoms with Gasteiger partial charge in [-0.25, -0.2) is 0 Å². The highest BCUT2D eigenvalue weighted by atomic mass is 16.4. The lowest BCUT2D eigenvalue weighted by atomic mass is 10.5. The minimum absolute atomic E-state index is 0.0987. The lowest BCUT2D eigenvalue weighted by Crippen LogP contribution is -2.41. The summed E-state index contributed by atoms with van der Waals surface area (Å²) in [4.78, 5) is 19.9. The van der Waals surface area contributed by atoms with Gasteiger partial charge in [0.2, 0.25) is 5.91 Å². The van der Waals surface area contributed by atoms with Crippen LogP contribution in [0.4, 0.5) is 0 Å². The number of likely N-dealkylation sites (N-methyl/N-ethyl adjacent to an activating group) is 1. The van der Waals surface area contributed by atoms with Crippen LogP contribution in [0.15, 0.2) is 12.7 Å². The largest absolute Gasteiger partial charge is 0.550 e. The zero-order valence-electron chi connectivity index (χ0n) is 10.6. The van der Waals surface area contributed by atoms with E-state index in [-0.39, 0.29) is 12.3 Å². The number of carbonyl (C=O) groups is 2. The van der Waals surface area contributed by atoms with E-state index in [4.69, 9.17) is 0 Å². The Kier molecular flexibility index (Phi) is 9.49. The van der Waals surface area contributed by atoms with Crippen molar-refractivity contribution in [2.75, 3.05) is 34.2 Å². The van der Waals surface area contributed by atoms with E-state index in [1.807, 2.05) is 0 Å². The van der Waals surface area contributed by atoms with Gasteiger partial charge < -0.3 is 19.7 Å². The van der Waals surface area contributed by atoms with Crippen LogP contribution in [-0.4, -0.2) is 50.6 Å². The standard InChI is InChI=1S/C8H16N2O.C3H6O2/c1-5-8(11)9-6-7-10(2,3)4;1-2-3(4)5/h5H,1,6-7H2,2-4H3;2H2,1H3,(H,4,5). The lowest BCUT2D eigenvalue weighted by Gasteiger charge is -2.23. The number of carboxylic acids is 1. The third-order valence-corrected chi connectivity index (χ3v) is 1.56. The van der Waals surface area contributed by atoms with Crippen LogP contribution in [0.3, 0.4) is 0 Å². The molecule has 0 aromatic carbocycles. The third-order valence-electron chi connectivity index (χ3n) is 1.56. The van der Waals surface area contributed by atoms with Crippen LogP contribution in [0.1, 0.15) is 13.3 Å². The molecule has 16 heavy (non-hydrogen) atoms. The highest BCUT2D eigenvalue weighted by Gasteiger charge is 2.05. The summed E-state index contributed by atoms with van der Waals surface area (Å²) in [7, 11) is 6.25. The molecule has 0 aliphatic rings. The molecule has 0 saturated heterocycles. The van der Waals surface area contributed by atoms with Gasteiger partial charge in [0.1, 0.15) is 0 Å². The van der Waals surface area contributed by atoms with Gasteiger partial charge in [0.05, 0.1) is 34.2 Å². The Labute approximate surface area is 97.3 Å². The van der Waals surface area contributed by atoms with Crippen LogP contribution < -0.4 is 10.4 Å². The topological polar surface area (TPSA) is 69.2 Å². The molecule has 0 aliphatic heterocycles. The van der Waals surface area contributed by atoms with Crippen molar-refractivity contribution in [1.82, 2.24) is 5.32 Å². The normalized spacial score (nSPS) is 9.75. The van der Waals surface area contributed by atoms with Crippen molar-refractivity contribution in [3.63, 3.8) is 0 Å². The number of nitrogens with one attached hydrogen (secondary N) is 1. The fourth-order valence-electron chi connectivity index (χ4n) is 0.587. The highest BCUT2D eigenvalue weighted by molar-refractivity contribution is 5.86. The Morgan fingerprint density at radius 3 is 2.06 bits per heavy atom. The number of hydrogen-bond acceptors (Lipinski definition) is 3. The van der Waals surface area contributed by atoms with Gasteiger partial charge in [-0.15, -0.1) is 0 Å². The molecular weight excluding hydrogens is 208 g/mol. The zero-order chi connectivity index (χ0) is 13.2. The molecule has 0 aromatic heterocycles. The van der Waals surface area contributed by atoms with E-state index in [1.165, 1.54) is 13.0 Å². The first-order valence-corrected chi connectivity index (χ1v) is 5.13. The maximum atomic E-state index is 10.7. The smallest absolute Gasteiger partial charge is 0.243 e. The van der Waals surface area contributed by atoms with Crippen molar-refractivity contribution < 1.29 is 19.2 Å². The van der Waals surface area contributed by atoms with Crippen LogP contribution in [0.5, 0.6) is 0 Å².